The molecule has 7 nitrogen and oxygen atoms in total. The minimum absolute atomic E-state index is 0.0148. The molecule has 0 spiro atoms. The lowest BCUT2D eigenvalue weighted by molar-refractivity contribution is -0.383. The number of carbonyl (C=O) groups is 1. The third-order valence-electron chi connectivity index (χ3n) is 4.07. The van der Waals surface area contributed by atoms with Gasteiger partial charge in [0.1, 0.15) is 16.8 Å². The van der Waals surface area contributed by atoms with Gasteiger partial charge in [-0.2, -0.15) is 0 Å². The molecule has 0 amide bonds. The summed E-state index contributed by atoms with van der Waals surface area (Å²) in [6.07, 6.45) is 0.0148. The second-order valence-corrected chi connectivity index (χ2v) is 7.05. The maximum absolute atomic E-state index is 13.1. The van der Waals surface area contributed by atoms with Gasteiger partial charge in [-0.25, -0.2) is 0 Å². The minimum Gasteiger partial charge on any atom is -0.340 e. The molecule has 0 aliphatic carbocycles. The van der Waals surface area contributed by atoms with E-state index in [4.69, 9.17) is 34.8 Å². The fourth-order valence-corrected chi connectivity index (χ4v) is 3.30. The van der Waals surface area contributed by atoms with Crippen molar-refractivity contribution in [3.05, 3.63) is 71.3 Å². The molecule has 0 atom stereocenters. The standard InChI is InChI=1S/C18H12Cl3N3O4/c1-2-13(25)15-17(26)14-12(24(27)28)6-5-10(21)16(14)23-18(15)22-11-7-8(19)3-4-9(11)20/h3-7H,2H2,1H3,(H2,22,23,26). The van der Waals surface area contributed by atoms with Gasteiger partial charge in [0.2, 0.25) is 5.43 Å². The Kier molecular flexibility index (Phi) is 5.60. The van der Waals surface area contributed by atoms with Crippen molar-refractivity contribution in [1.82, 2.24) is 4.98 Å². The van der Waals surface area contributed by atoms with E-state index in [1.807, 2.05) is 0 Å². The number of Topliss-reactive ketones (excluding diaryl/α,β-unsaturated/α-hetero) is 1. The molecular weight excluding hydrogens is 429 g/mol. The molecular formula is C18H12Cl3N3O4. The quantitative estimate of drug-likeness (QED) is 0.299. The number of carbonyl (C=O) groups excluding carboxylic acids is 1. The average Bonchev–Trinajstić information content (AvgIpc) is 2.65. The molecule has 10 heteroatoms. The summed E-state index contributed by atoms with van der Waals surface area (Å²) < 4.78 is 0. The van der Waals surface area contributed by atoms with E-state index in [1.54, 1.807) is 19.1 Å². The van der Waals surface area contributed by atoms with Crippen LogP contribution >= 0.6 is 34.8 Å². The number of H-pyrrole nitrogens is 1. The van der Waals surface area contributed by atoms with Gasteiger partial charge in [-0.1, -0.05) is 41.7 Å². The molecule has 0 unspecified atom stereocenters. The molecule has 3 rings (SSSR count). The lowest BCUT2D eigenvalue weighted by atomic mass is 10.0. The molecule has 2 aromatic carbocycles. The molecule has 28 heavy (non-hydrogen) atoms. The van der Waals surface area contributed by atoms with Gasteiger partial charge in [0.25, 0.3) is 5.69 Å². The predicted molar refractivity (Wildman–Crippen MR) is 111 cm³/mol. The first kappa shape index (κ1) is 20.1. The van der Waals surface area contributed by atoms with Crippen LogP contribution in [0.3, 0.4) is 0 Å². The second kappa shape index (κ2) is 7.79. The number of nitro groups is 1. The zero-order chi connectivity index (χ0) is 20.6. The highest BCUT2D eigenvalue weighted by Crippen LogP contribution is 2.33. The molecule has 0 aliphatic rings. The van der Waals surface area contributed by atoms with Crippen LogP contribution in [0, 0.1) is 10.1 Å². The number of aromatic amines is 1. The van der Waals surface area contributed by atoms with E-state index in [9.17, 15) is 19.7 Å². The van der Waals surface area contributed by atoms with Crippen LogP contribution in [0.25, 0.3) is 10.9 Å². The summed E-state index contributed by atoms with van der Waals surface area (Å²) in [5.74, 6) is -0.478. The van der Waals surface area contributed by atoms with Gasteiger partial charge in [-0.05, 0) is 24.3 Å². The van der Waals surface area contributed by atoms with E-state index in [2.05, 4.69) is 10.3 Å². The summed E-state index contributed by atoms with van der Waals surface area (Å²) in [4.78, 5) is 39.1. The Hall–Kier alpha value is -2.61. The van der Waals surface area contributed by atoms with Gasteiger partial charge >= 0.3 is 0 Å². The first-order valence-electron chi connectivity index (χ1n) is 8.02. The highest BCUT2D eigenvalue weighted by atomic mass is 35.5. The number of pyridine rings is 1. The summed E-state index contributed by atoms with van der Waals surface area (Å²) >= 11 is 18.3. The summed E-state index contributed by atoms with van der Waals surface area (Å²) in [5.41, 5.74) is -1.12. The average molecular weight is 441 g/mol. The number of rotatable bonds is 5. The van der Waals surface area contributed by atoms with Crippen LogP contribution in [0.15, 0.2) is 35.1 Å². The van der Waals surface area contributed by atoms with Gasteiger partial charge in [0, 0.05) is 17.5 Å². The maximum Gasteiger partial charge on any atom is 0.282 e. The van der Waals surface area contributed by atoms with E-state index in [0.717, 1.165) is 6.07 Å². The predicted octanol–water partition coefficient (Wildman–Crippen LogP) is 5.73. The highest BCUT2D eigenvalue weighted by molar-refractivity contribution is 6.36. The lowest BCUT2D eigenvalue weighted by Crippen LogP contribution is -2.20. The van der Waals surface area contributed by atoms with Crippen LogP contribution in [0.2, 0.25) is 15.1 Å². The molecule has 2 N–H and O–H groups in total. The summed E-state index contributed by atoms with van der Waals surface area (Å²) in [6.45, 7) is 1.58. The van der Waals surface area contributed by atoms with Gasteiger partial charge in [0.15, 0.2) is 5.78 Å². The Morgan fingerprint density at radius 3 is 2.50 bits per heavy atom. The number of nitro benzene ring substituents is 1. The van der Waals surface area contributed by atoms with Gasteiger partial charge in [0.05, 0.1) is 26.2 Å². The van der Waals surface area contributed by atoms with Crippen molar-refractivity contribution in [1.29, 1.82) is 0 Å². The number of ketones is 1. The van der Waals surface area contributed by atoms with E-state index < -0.39 is 21.8 Å². The fraction of sp³-hybridized carbons (Fsp3) is 0.111. The molecule has 0 radical (unpaired) electrons. The number of fused-ring (bicyclic) bond motifs is 1. The van der Waals surface area contributed by atoms with Crippen molar-refractivity contribution in [2.75, 3.05) is 5.32 Å². The van der Waals surface area contributed by atoms with Crippen molar-refractivity contribution in [2.24, 2.45) is 0 Å². The van der Waals surface area contributed by atoms with Gasteiger partial charge in [-0.15, -0.1) is 0 Å². The molecule has 0 saturated carbocycles. The molecule has 1 aromatic heterocycles. The van der Waals surface area contributed by atoms with Crippen LogP contribution in [0.1, 0.15) is 23.7 Å². The molecule has 0 fully saturated rings. The van der Waals surface area contributed by atoms with Crippen molar-refractivity contribution in [3.63, 3.8) is 0 Å². The van der Waals surface area contributed by atoms with Gasteiger partial charge < -0.3 is 10.3 Å². The van der Waals surface area contributed by atoms with Crippen LogP contribution in [0.5, 0.6) is 0 Å². The number of nitrogens with zero attached hydrogens (tertiary/aromatic N) is 1. The molecule has 144 valence electrons. The molecule has 3 aromatic rings. The normalized spacial score (nSPS) is 10.9. The summed E-state index contributed by atoms with van der Waals surface area (Å²) in [7, 11) is 0. The zero-order valence-electron chi connectivity index (χ0n) is 14.3. The number of hydrogen-bond acceptors (Lipinski definition) is 5. The third kappa shape index (κ3) is 3.56. The topological polar surface area (TPSA) is 105 Å². The lowest BCUT2D eigenvalue weighted by Gasteiger charge is -2.14. The zero-order valence-corrected chi connectivity index (χ0v) is 16.6. The van der Waals surface area contributed by atoms with E-state index in [-0.39, 0.29) is 33.7 Å². The first-order valence-corrected chi connectivity index (χ1v) is 9.16. The number of anilines is 2. The Morgan fingerprint density at radius 2 is 1.86 bits per heavy atom. The molecule has 0 aliphatic heterocycles. The molecule has 0 bridgehead atoms. The number of halogens is 3. The second-order valence-electron chi connectivity index (χ2n) is 5.80. The van der Waals surface area contributed by atoms with Gasteiger partial charge in [-0.3, -0.25) is 19.7 Å². The minimum atomic E-state index is -0.796. The number of hydrogen-bond donors (Lipinski definition) is 2. The van der Waals surface area contributed by atoms with Crippen molar-refractivity contribution in [2.45, 2.75) is 13.3 Å². The SMILES string of the molecule is CCC(=O)c1c(Nc2cc(Cl)ccc2Cl)[nH]c2c(Cl)ccc([N+](=O)[O-])c2c1=O. The van der Waals surface area contributed by atoms with Crippen molar-refractivity contribution < 1.29 is 9.72 Å². The Bertz CT molecular complexity index is 1190. The Balaban J connectivity index is 2.37. The Labute approximate surface area is 173 Å². The largest absolute Gasteiger partial charge is 0.340 e. The third-order valence-corrected chi connectivity index (χ3v) is 4.95. The van der Waals surface area contributed by atoms with E-state index in [1.165, 1.54) is 12.1 Å². The van der Waals surface area contributed by atoms with Crippen molar-refractivity contribution >= 4 is 68.7 Å². The molecule has 1 heterocycles. The summed E-state index contributed by atoms with van der Waals surface area (Å²) in [5, 5.41) is 14.8. The number of nitrogens with one attached hydrogen (secondary N) is 2. The van der Waals surface area contributed by atoms with E-state index in [0.29, 0.717) is 15.7 Å². The van der Waals surface area contributed by atoms with Crippen LogP contribution in [0.4, 0.5) is 17.2 Å². The van der Waals surface area contributed by atoms with Crippen molar-refractivity contribution in [3.8, 4) is 0 Å². The fourth-order valence-electron chi connectivity index (χ4n) is 2.76. The monoisotopic (exact) mass is 439 g/mol. The van der Waals surface area contributed by atoms with Crippen LogP contribution in [-0.4, -0.2) is 15.7 Å². The van der Waals surface area contributed by atoms with Crippen LogP contribution in [-0.2, 0) is 0 Å². The number of non-ortho nitro benzene ring substituents is 1. The van der Waals surface area contributed by atoms with Crippen LogP contribution < -0.4 is 10.7 Å². The summed E-state index contributed by atoms with van der Waals surface area (Å²) in [6, 6.07) is 7.07. The molecule has 0 saturated heterocycles. The first-order chi connectivity index (χ1) is 13.2. The Morgan fingerprint density at radius 1 is 1.18 bits per heavy atom. The number of aromatic nitrogens is 1. The number of benzene rings is 2. The smallest absolute Gasteiger partial charge is 0.282 e. The maximum atomic E-state index is 13.1. The highest BCUT2D eigenvalue weighted by Gasteiger charge is 2.25. The van der Waals surface area contributed by atoms with E-state index >= 15 is 0 Å².